The Hall–Kier alpha value is -1.97. The number of aromatic nitrogens is 2. The minimum atomic E-state index is 0.310. The van der Waals surface area contributed by atoms with Gasteiger partial charge in [-0.3, -0.25) is 0 Å². The third-order valence-corrected chi connectivity index (χ3v) is 2.48. The zero-order chi connectivity index (χ0) is 11.4. The number of imidazole rings is 1. The molecule has 1 heterocycles. The number of anilines is 1. The molecular weight excluding hydrogens is 202 g/mol. The van der Waals surface area contributed by atoms with Crippen molar-refractivity contribution in [1.82, 2.24) is 9.55 Å². The fraction of sp³-hybridized carbons (Fsp3) is 0.250. The molecule has 0 radical (unpaired) electrons. The molecule has 4 heteroatoms. The van der Waals surface area contributed by atoms with Crippen LogP contribution in [0.2, 0.25) is 0 Å². The molecule has 1 aromatic heterocycles. The molecule has 0 atom stereocenters. The van der Waals surface area contributed by atoms with Gasteiger partial charge in [0.2, 0.25) is 5.95 Å². The standard InChI is InChI=1S/C12H15N3O/c1-2-15-8-7-13-12(15)14-9-10-5-3-4-6-11(10)16/h3-8,16H,2,9H2,1H3,(H,13,14). The molecule has 0 spiro atoms. The summed E-state index contributed by atoms with van der Waals surface area (Å²) >= 11 is 0. The first-order valence-electron chi connectivity index (χ1n) is 5.33. The van der Waals surface area contributed by atoms with Gasteiger partial charge in [-0.05, 0) is 13.0 Å². The van der Waals surface area contributed by atoms with Crippen molar-refractivity contribution in [2.75, 3.05) is 5.32 Å². The van der Waals surface area contributed by atoms with Crippen molar-refractivity contribution < 1.29 is 5.11 Å². The first-order chi connectivity index (χ1) is 7.81. The van der Waals surface area contributed by atoms with Gasteiger partial charge in [0.05, 0.1) is 0 Å². The van der Waals surface area contributed by atoms with Crippen LogP contribution in [-0.2, 0) is 13.1 Å². The minimum absolute atomic E-state index is 0.310. The van der Waals surface area contributed by atoms with Crippen LogP contribution in [0, 0.1) is 0 Å². The van der Waals surface area contributed by atoms with Crippen LogP contribution in [0.25, 0.3) is 0 Å². The van der Waals surface area contributed by atoms with Gasteiger partial charge in [0.15, 0.2) is 0 Å². The summed E-state index contributed by atoms with van der Waals surface area (Å²) in [6.45, 7) is 3.51. The molecule has 2 rings (SSSR count). The lowest BCUT2D eigenvalue weighted by molar-refractivity contribution is 0.469. The predicted molar refractivity (Wildman–Crippen MR) is 63.3 cm³/mol. The van der Waals surface area contributed by atoms with Gasteiger partial charge in [-0.1, -0.05) is 18.2 Å². The first kappa shape index (κ1) is 10.5. The fourth-order valence-electron chi connectivity index (χ4n) is 1.57. The van der Waals surface area contributed by atoms with E-state index in [1.165, 1.54) is 0 Å². The molecule has 0 aliphatic rings. The van der Waals surface area contributed by atoms with E-state index >= 15 is 0 Å². The summed E-state index contributed by atoms with van der Waals surface area (Å²) in [6.07, 6.45) is 3.68. The van der Waals surface area contributed by atoms with Crippen LogP contribution < -0.4 is 5.32 Å². The SMILES string of the molecule is CCn1ccnc1NCc1ccccc1O. The maximum absolute atomic E-state index is 9.60. The number of hydrogen-bond acceptors (Lipinski definition) is 3. The van der Waals surface area contributed by atoms with Crippen molar-refractivity contribution in [1.29, 1.82) is 0 Å². The zero-order valence-electron chi connectivity index (χ0n) is 9.22. The van der Waals surface area contributed by atoms with Gasteiger partial charge in [0, 0.05) is 31.0 Å². The van der Waals surface area contributed by atoms with E-state index < -0.39 is 0 Å². The highest BCUT2D eigenvalue weighted by Gasteiger charge is 2.02. The van der Waals surface area contributed by atoms with E-state index in [0.717, 1.165) is 18.1 Å². The third-order valence-electron chi connectivity index (χ3n) is 2.48. The second-order valence-electron chi connectivity index (χ2n) is 3.52. The Morgan fingerprint density at radius 2 is 2.19 bits per heavy atom. The average molecular weight is 217 g/mol. The lowest BCUT2D eigenvalue weighted by Crippen LogP contribution is -2.06. The summed E-state index contributed by atoms with van der Waals surface area (Å²) < 4.78 is 2.01. The number of para-hydroxylation sites is 1. The van der Waals surface area contributed by atoms with Gasteiger partial charge >= 0.3 is 0 Å². The van der Waals surface area contributed by atoms with E-state index in [-0.39, 0.29) is 0 Å². The maximum atomic E-state index is 9.60. The van der Waals surface area contributed by atoms with Crippen LogP contribution in [0.1, 0.15) is 12.5 Å². The summed E-state index contributed by atoms with van der Waals surface area (Å²) in [7, 11) is 0. The minimum Gasteiger partial charge on any atom is -0.508 e. The van der Waals surface area contributed by atoms with Gasteiger partial charge < -0.3 is 15.0 Å². The van der Waals surface area contributed by atoms with Gasteiger partial charge in [-0.15, -0.1) is 0 Å². The number of aromatic hydroxyl groups is 1. The highest BCUT2D eigenvalue weighted by atomic mass is 16.3. The molecule has 4 nitrogen and oxygen atoms in total. The van der Waals surface area contributed by atoms with E-state index in [9.17, 15) is 5.11 Å². The second kappa shape index (κ2) is 4.70. The normalized spacial score (nSPS) is 10.3. The molecular formula is C12H15N3O. The summed E-state index contributed by atoms with van der Waals surface area (Å²) in [4.78, 5) is 4.20. The summed E-state index contributed by atoms with van der Waals surface area (Å²) in [5, 5.41) is 12.8. The predicted octanol–water partition coefficient (Wildman–Crippen LogP) is 2.22. The van der Waals surface area contributed by atoms with Crippen molar-refractivity contribution in [2.45, 2.75) is 20.0 Å². The molecule has 0 saturated carbocycles. The van der Waals surface area contributed by atoms with Crippen molar-refractivity contribution in [3.8, 4) is 5.75 Å². The molecule has 16 heavy (non-hydrogen) atoms. The number of nitrogens with one attached hydrogen (secondary N) is 1. The summed E-state index contributed by atoms with van der Waals surface area (Å²) in [5.41, 5.74) is 0.869. The number of benzene rings is 1. The largest absolute Gasteiger partial charge is 0.508 e. The Balaban J connectivity index is 2.05. The molecule has 1 aromatic carbocycles. The number of aryl methyl sites for hydroxylation is 1. The van der Waals surface area contributed by atoms with E-state index in [0.29, 0.717) is 12.3 Å². The highest BCUT2D eigenvalue weighted by molar-refractivity contribution is 5.36. The first-order valence-corrected chi connectivity index (χ1v) is 5.33. The fourth-order valence-corrected chi connectivity index (χ4v) is 1.57. The smallest absolute Gasteiger partial charge is 0.203 e. The van der Waals surface area contributed by atoms with Crippen LogP contribution in [0.4, 0.5) is 5.95 Å². The molecule has 0 aliphatic heterocycles. The van der Waals surface area contributed by atoms with Crippen LogP contribution in [0.5, 0.6) is 5.75 Å². The number of nitrogens with zero attached hydrogens (tertiary/aromatic N) is 2. The molecule has 0 saturated heterocycles. The van der Waals surface area contributed by atoms with Crippen molar-refractivity contribution in [2.24, 2.45) is 0 Å². The monoisotopic (exact) mass is 217 g/mol. The Morgan fingerprint density at radius 3 is 2.94 bits per heavy atom. The topological polar surface area (TPSA) is 50.1 Å². The van der Waals surface area contributed by atoms with E-state index in [4.69, 9.17) is 0 Å². The second-order valence-corrected chi connectivity index (χ2v) is 3.52. The van der Waals surface area contributed by atoms with Gasteiger partial charge in [-0.2, -0.15) is 0 Å². The van der Waals surface area contributed by atoms with Crippen molar-refractivity contribution >= 4 is 5.95 Å². The average Bonchev–Trinajstić information content (AvgIpc) is 2.75. The summed E-state index contributed by atoms with van der Waals surface area (Å²) in [6, 6.07) is 7.29. The molecule has 0 amide bonds. The molecule has 0 bridgehead atoms. The zero-order valence-corrected chi connectivity index (χ0v) is 9.22. The number of hydrogen-bond donors (Lipinski definition) is 2. The Bertz CT molecular complexity index is 465. The van der Waals surface area contributed by atoms with Gasteiger partial charge in [-0.25, -0.2) is 4.98 Å². The number of rotatable bonds is 4. The Morgan fingerprint density at radius 1 is 1.38 bits per heavy atom. The quantitative estimate of drug-likeness (QED) is 0.825. The molecule has 0 fully saturated rings. The van der Waals surface area contributed by atoms with E-state index in [2.05, 4.69) is 17.2 Å². The van der Waals surface area contributed by atoms with Crippen molar-refractivity contribution in [3.05, 3.63) is 42.2 Å². The highest BCUT2D eigenvalue weighted by Crippen LogP contribution is 2.16. The van der Waals surface area contributed by atoms with Gasteiger partial charge in [0.25, 0.3) is 0 Å². The van der Waals surface area contributed by atoms with Gasteiger partial charge in [0.1, 0.15) is 5.75 Å². The van der Waals surface area contributed by atoms with Crippen LogP contribution >= 0.6 is 0 Å². The van der Waals surface area contributed by atoms with Crippen molar-refractivity contribution in [3.63, 3.8) is 0 Å². The van der Waals surface area contributed by atoms with E-state index in [1.807, 2.05) is 29.0 Å². The van der Waals surface area contributed by atoms with E-state index in [1.54, 1.807) is 12.3 Å². The molecule has 2 aromatic rings. The van der Waals surface area contributed by atoms with Crippen LogP contribution in [0.3, 0.4) is 0 Å². The van der Waals surface area contributed by atoms with Crippen LogP contribution in [-0.4, -0.2) is 14.7 Å². The Kier molecular flexibility index (Phi) is 3.10. The third kappa shape index (κ3) is 2.16. The molecule has 84 valence electrons. The number of phenols is 1. The maximum Gasteiger partial charge on any atom is 0.203 e. The number of phenolic OH excluding ortho intramolecular Hbond substituents is 1. The lowest BCUT2D eigenvalue weighted by atomic mass is 10.2. The Labute approximate surface area is 94.6 Å². The van der Waals surface area contributed by atoms with Crippen LogP contribution in [0.15, 0.2) is 36.7 Å². The molecule has 0 aliphatic carbocycles. The lowest BCUT2D eigenvalue weighted by Gasteiger charge is -2.08. The summed E-state index contributed by atoms with van der Waals surface area (Å²) in [5.74, 6) is 1.13. The molecule has 0 unspecified atom stereocenters. The molecule has 2 N–H and O–H groups in total.